The Morgan fingerprint density at radius 2 is 2.04 bits per heavy atom. The van der Waals surface area contributed by atoms with Gasteiger partial charge in [0.15, 0.2) is 11.5 Å². The lowest BCUT2D eigenvalue weighted by Crippen LogP contribution is -2.17. The lowest BCUT2D eigenvalue weighted by Gasteiger charge is -2.03. The number of hydrogen-bond acceptors (Lipinski definition) is 5. The predicted octanol–water partition coefficient (Wildman–Crippen LogP) is 2.54. The highest BCUT2D eigenvalue weighted by Crippen LogP contribution is 2.24. The molecule has 0 aliphatic heterocycles. The van der Waals surface area contributed by atoms with Gasteiger partial charge in [-0.25, -0.2) is 10.4 Å². The summed E-state index contributed by atoms with van der Waals surface area (Å²) in [4.78, 5) is 16.7. The van der Waals surface area contributed by atoms with Crippen molar-refractivity contribution < 1.29 is 15.0 Å². The van der Waals surface area contributed by atoms with Gasteiger partial charge < -0.3 is 14.8 Å². The van der Waals surface area contributed by atoms with Gasteiger partial charge in [-0.05, 0) is 55.8 Å². The van der Waals surface area contributed by atoms with Crippen LogP contribution in [0.5, 0.6) is 11.5 Å². The van der Waals surface area contributed by atoms with Crippen molar-refractivity contribution in [2.45, 2.75) is 20.4 Å². The first-order valence-corrected chi connectivity index (χ1v) is 7.82. The van der Waals surface area contributed by atoms with E-state index < -0.39 is 0 Å². The van der Waals surface area contributed by atoms with Gasteiger partial charge in [-0.1, -0.05) is 0 Å². The molecule has 3 aromatic rings. The Morgan fingerprint density at radius 3 is 2.76 bits per heavy atom. The molecule has 2 aromatic carbocycles. The van der Waals surface area contributed by atoms with Crippen molar-refractivity contribution >= 4 is 23.2 Å². The van der Waals surface area contributed by atoms with E-state index in [2.05, 4.69) is 20.1 Å². The molecular formula is C18H18N4O3. The molecule has 0 unspecified atom stereocenters. The van der Waals surface area contributed by atoms with Crippen LogP contribution >= 0.6 is 0 Å². The predicted molar refractivity (Wildman–Crippen MR) is 95.0 cm³/mol. The number of hydrogen-bond donors (Lipinski definition) is 3. The SMILES string of the molecule is CCn1c(C)nc2cc(C(=O)NN=Cc3ccc(O)c(O)c3)ccc21. The maximum Gasteiger partial charge on any atom is 0.271 e. The third-order valence-electron chi connectivity index (χ3n) is 3.90. The average molecular weight is 338 g/mol. The highest BCUT2D eigenvalue weighted by atomic mass is 16.3. The molecule has 7 heteroatoms. The van der Waals surface area contributed by atoms with Gasteiger partial charge in [0, 0.05) is 12.1 Å². The molecule has 0 saturated carbocycles. The molecular weight excluding hydrogens is 320 g/mol. The lowest BCUT2D eigenvalue weighted by atomic mass is 10.2. The molecule has 0 bridgehead atoms. The van der Waals surface area contributed by atoms with Crippen molar-refractivity contribution in [2.75, 3.05) is 0 Å². The summed E-state index contributed by atoms with van der Waals surface area (Å²) < 4.78 is 2.08. The fourth-order valence-corrected chi connectivity index (χ4v) is 2.64. The zero-order chi connectivity index (χ0) is 18.0. The van der Waals surface area contributed by atoms with Gasteiger partial charge in [-0.2, -0.15) is 5.10 Å². The quantitative estimate of drug-likeness (QED) is 0.387. The molecule has 25 heavy (non-hydrogen) atoms. The number of aryl methyl sites for hydroxylation is 2. The van der Waals surface area contributed by atoms with E-state index in [0.717, 1.165) is 23.4 Å². The number of carbonyl (C=O) groups is 1. The Kier molecular flexibility index (Phi) is 4.38. The maximum atomic E-state index is 12.2. The summed E-state index contributed by atoms with van der Waals surface area (Å²) in [6.07, 6.45) is 1.38. The number of aromatic hydroxyl groups is 2. The number of rotatable bonds is 4. The fourth-order valence-electron chi connectivity index (χ4n) is 2.64. The third-order valence-corrected chi connectivity index (χ3v) is 3.90. The normalized spacial score (nSPS) is 11.3. The van der Waals surface area contributed by atoms with Crippen LogP contribution in [0.25, 0.3) is 11.0 Å². The molecule has 0 fully saturated rings. The second kappa shape index (κ2) is 6.64. The molecule has 0 atom stereocenters. The van der Waals surface area contributed by atoms with Crippen LogP contribution in [0.4, 0.5) is 0 Å². The van der Waals surface area contributed by atoms with Gasteiger partial charge in [0.1, 0.15) is 5.82 Å². The molecule has 0 saturated heterocycles. The number of phenols is 2. The Morgan fingerprint density at radius 1 is 1.24 bits per heavy atom. The van der Waals surface area contributed by atoms with E-state index in [4.69, 9.17) is 0 Å². The van der Waals surface area contributed by atoms with Crippen LogP contribution in [-0.2, 0) is 6.54 Å². The van der Waals surface area contributed by atoms with E-state index in [1.165, 1.54) is 18.3 Å². The van der Waals surface area contributed by atoms with Crippen molar-refractivity contribution in [1.29, 1.82) is 0 Å². The number of phenolic OH excluding ortho intramolecular Hbond substituents is 2. The second-order valence-corrected chi connectivity index (χ2v) is 5.55. The zero-order valence-corrected chi connectivity index (χ0v) is 13.9. The number of hydrazone groups is 1. The fraction of sp³-hybridized carbons (Fsp3) is 0.167. The van der Waals surface area contributed by atoms with E-state index in [0.29, 0.717) is 11.1 Å². The van der Waals surface area contributed by atoms with Crippen LogP contribution in [0.3, 0.4) is 0 Å². The van der Waals surface area contributed by atoms with E-state index in [1.54, 1.807) is 18.2 Å². The minimum Gasteiger partial charge on any atom is -0.504 e. The molecule has 0 aliphatic carbocycles. The largest absolute Gasteiger partial charge is 0.504 e. The van der Waals surface area contributed by atoms with E-state index in [-0.39, 0.29) is 17.4 Å². The van der Waals surface area contributed by atoms with Gasteiger partial charge in [0.25, 0.3) is 5.91 Å². The lowest BCUT2D eigenvalue weighted by molar-refractivity contribution is 0.0955. The van der Waals surface area contributed by atoms with Gasteiger partial charge >= 0.3 is 0 Å². The molecule has 1 aromatic heterocycles. The zero-order valence-electron chi connectivity index (χ0n) is 13.9. The highest BCUT2D eigenvalue weighted by molar-refractivity contribution is 5.98. The molecule has 0 spiro atoms. The number of benzene rings is 2. The summed E-state index contributed by atoms with van der Waals surface area (Å²) in [5.41, 5.74) is 5.18. The number of amides is 1. The number of nitrogens with zero attached hydrogens (tertiary/aromatic N) is 3. The van der Waals surface area contributed by atoms with Crippen LogP contribution in [0.15, 0.2) is 41.5 Å². The van der Waals surface area contributed by atoms with Crippen LogP contribution in [0.2, 0.25) is 0 Å². The first kappa shape index (κ1) is 16.5. The van der Waals surface area contributed by atoms with Gasteiger partial charge in [-0.3, -0.25) is 4.79 Å². The maximum absolute atomic E-state index is 12.2. The molecule has 1 heterocycles. The molecule has 3 rings (SSSR count). The van der Waals surface area contributed by atoms with Crippen LogP contribution in [0, 0.1) is 6.92 Å². The summed E-state index contributed by atoms with van der Waals surface area (Å²) in [7, 11) is 0. The molecule has 7 nitrogen and oxygen atoms in total. The Hall–Kier alpha value is -3.35. The van der Waals surface area contributed by atoms with Crippen LogP contribution in [-0.4, -0.2) is 31.9 Å². The highest BCUT2D eigenvalue weighted by Gasteiger charge is 2.10. The van der Waals surface area contributed by atoms with Crippen LogP contribution in [0.1, 0.15) is 28.7 Å². The Bertz CT molecular complexity index is 976. The topological polar surface area (TPSA) is 99.7 Å². The van der Waals surface area contributed by atoms with Crippen molar-refractivity contribution in [3.63, 3.8) is 0 Å². The van der Waals surface area contributed by atoms with Gasteiger partial charge in [-0.15, -0.1) is 0 Å². The number of nitrogens with one attached hydrogen (secondary N) is 1. The van der Waals surface area contributed by atoms with E-state index in [1.807, 2.05) is 19.9 Å². The average Bonchev–Trinajstić information content (AvgIpc) is 2.92. The van der Waals surface area contributed by atoms with Crippen molar-refractivity contribution in [3.05, 3.63) is 53.3 Å². The number of carbonyl (C=O) groups excluding carboxylic acids is 1. The first-order valence-electron chi connectivity index (χ1n) is 7.82. The summed E-state index contributed by atoms with van der Waals surface area (Å²) in [5.74, 6) is 0.0870. The minimum atomic E-state index is -0.357. The van der Waals surface area contributed by atoms with Gasteiger partial charge in [0.2, 0.25) is 0 Å². The number of imidazole rings is 1. The second-order valence-electron chi connectivity index (χ2n) is 5.55. The molecule has 3 N–H and O–H groups in total. The van der Waals surface area contributed by atoms with Crippen molar-refractivity contribution in [1.82, 2.24) is 15.0 Å². The first-order chi connectivity index (χ1) is 12.0. The molecule has 128 valence electrons. The number of aromatic nitrogens is 2. The summed E-state index contributed by atoms with van der Waals surface area (Å²) in [6, 6.07) is 9.58. The van der Waals surface area contributed by atoms with Crippen LogP contribution < -0.4 is 5.43 Å². The Labute approximate surface area is 144 Å². The Balaban J connectivity index is 1.75. The molecule has 0 radical (unpaired) electrons. The van der Waals surface area contributed by atoms with Crippen molar-refractivity contribution in [2.24, 2.45) is 5.10 Å². The van der Waals surface area contributed by atoms with Gasteiger partial charge in [0.05, 0.1) is 17.2 Å². The number of fused-ring (bicyclic) bond motifs is 1. The summed E-state index contributed by atoms with van der Waals surface area (Å²) in [6.45, 7) is 4.79. The molecule has 0 aliphatic rings. The van der Waals surface area contributed by atoms with E-state index in [9.17, 15) is 15.0 Å². The third kappa shape index (κ3) is 3.30. The summed E-state index contributed by atoms with van der Waals surface area (Å²) >= 11 is 0. The standard InChI is InChI=1S/C18H18N4O3/c1-3-22-11(2)20-14-9-13(5-6-15(14)22)18(25)21-19-10-12-4-7-16(23)17(24)8-12/h4-10,23-24H,3H2,1-2H3,(H,21,25). The molecule has 1 amide bonds. The minimum absolute atomic E-state index is 0.212. The van der Waals surface area contributed by atoms with E-state index >= 15 is 0 Å². The van der Waals surface area contributed by atoms with Crippen molar-refractivity contribution in [3.8, 4) is 11.5 Å². The summed E-state index contributed by atoms with van der Waals surface area (Å²) in [5, 5.41) is 22.5. The smallest absolute Gasteiger partial charge is 0.271 e. The monoisotopic (exact) mass is 338 g/mol.